The Labute approximate surface area is 91.0 Å². The van der Waals surface area contributed by atoms with Gasteiger partial charge in [-0.2, -0.15) is 5.26 Å². The molecule has 2 N–H and O–H groups in total. The van der Waals surface area contributed by atoms with Crippen LogP contribution in [0.2, 0.25) is 0 Å². The molecule has 5 heteroatoms. The van der Waals surface area contributed by atoms with Gasteiger partial charge in [0.25, 0.3) is 0 Å². The van der Waals surface area contributed by atoms with Crippen molar-refractivity contribution in [2.75, 3.05) is 5.73 Å². The van der Waals surface area contributed by atoms with Crippen molar-refractivity contribution in [1.82, 2.24) is 9.97 Å². The maximum Gasteiger partial charge on any atom is 0.145 e. The Balaban J connectivity index is 2.24. The van der Waals surface area contributed by atoms with Crippen LogP contribution in [0, 0.1) is 11.3 Å². The quantitative estimate of drug-likeness (QED) is 0.827. The predicted molar refractivity (Wildman–Crippen MR) is 58.3 cm³/mol. The van der Waals surface area contributed by atoms with Crippen molar-refractivity contribution in [3.05, 3.63) is 40.0 Å². The van der Waals surface area contributed by atoms with E-state index in [0.717, 1.165) is 0 Å². The van der Waals surface area contributed by atoms with Crippen LogP contribution in [0.15, 0.2) is 23.7 Å². The number of aromatic nitrogens is 2. The summed E-state index contributed by atoms with van der Waals surface area (Å²) in [7, 11) is 0. The summed E-state index contributed by atoms with van der Waals surface area (Å²) in [6.07, 6.45) is 2.12. The molecular formula is C10H8N4S. The molecule has 2 aromatic rings. The molecule has 15 heavy (non-hydrogen) atoms. The van der Waals surface area contributed by atoms with E-state index in [1.54, 1.807) is 11.3 Å². The molecular weight excluding hydrogens is 208 g/mol. The minimum atomic E-state index is 0.249. The van der Waals surface area contributed by atoms with Gasteiger partial charge in [0.15, 0.2) is 0 Å². The van der Waals surface area contributed by atoms with Crippen LogP contribution in [-0.4, -0.2) is 9.97 Å². The molecule has 74 valence electrons. The summed E-state index contributed by atoms with van der Waals surface area (Å²) in [5, 5.41) is 10.7. The molecule has 0 atom stereocenters. The fraction of sp³-hybridized carbons (Fsp3) is 0.100. The number of rotatable bonds is 2. The second-order valence-electron chi connectivity index (χ2n) is 2.95. The lowest BCUT2D eigenvalue weighted by Gasteiger charge is -1.99. The third-order valence-corrected chi connectivity index (χ3v) is 2.78. The number of nitriles is 1. The van der Waals surface area contributed by atoms with E-state index in [-0.39, 0.29) is 5.82 Å². The van der Waals surface area contributed by atoms with Crippen molar-refractivity contribution >= 4 is 17.2 Å². The summed E-state index contributed by atoms with van der Waals surface area (Å²) in [6, 6.07) is 5.93. The molecule has 2 aromatic heterocycles. The van der Waals surface area contributed by atoms with Crippen LogP contribution in [0.5, 0.6) is 0 Å². The summed E-state index contributed by atoms with van der Waals surface area (Å²) < 4.78 is 0. The minimum Gasteiger partial charge on any atom is -0.382 e. The van der Waals surface area contributed by atoms with Crippen LogP contribution in [0.25, 0.3) is 0 Å². The van der Waals surface area contributed by atoms with Crippen molar-refractivity contribution in [1.29, 1.82) is 5.26 Å². The highest BCUT2D eigenvalue weighted by Crippen LogP contribution is 2.13. The summed E-state index contributed by atoms with van der Waals surface area (Å²) in [4.78, 5) is 9.33. The van der Waals surface area contributed by atoms with Gasteiger partial charge in [-0.05, 0) is 11.4 Å². The van der Waals surface area contributed by atoms with Gasteiger partial charge in [0.1, 0.15) is 23.3 Å². The number of nitrogens with zero attached hydrogens (tertiary/aromatic N) is 3. The monoisotopic (exact) mass is 216 g/mol. The van der Waals surface area contributed by atoms with E-state index < -0.39 is 0 Å². The third-order valence-electron chi connectivity index (χ3n) is 1.90. The van der Waals surface area contributed by atoms with E-state index in [9.17, 15) is 0 Å². The topological polar surface area (TPSA) is 75.6 Å². The molecule has 0 spiro atoms. The summed E-state index contributed by atoms with van der Waals surface area (Å²) in [6.45, 7) is 0. The van der Waals surface area contributed by atoms with Crippen molar-refractivity contribution in [2.45, 2.75) is 6.42 Å². The van der Waals surface area contributed by atoms with Gasteiger partial charge in [-0.3, -0.25) is 0 Å². The molecule has 0 bridgehead atoms. The lowest BCUT2D eigenvalue weighted by Crippen LogP contribution is -2.02. The molecule has 2 heterocycles. The maximum absolute atomic E-state index is 8.66. The number of nitrogens with two attached hydrogens (primary N) is 1. The van der Waals surface area contributed by atoms with Crippen molar-refractivity contribution in [3.8, 4) is 6.07 Å². The molecule has 0 fully saturated rings. The highest BCUT2D eigenvalue weighted by Gasteiger charge is 2.04. The zero-order valence-electron chi connectivity index (χ0n) is 7.84. The first-order valence-corrected chi connectivity index (χ1v) is 5.21. The Hall–Kier alpha value is -1.93. The lowest BCUT2D eigenvalue weighted by molar-refractivity contribution is 0.982. The molecule has 0 unspecified atom stereocenters. The van der Waals surface area contributed by atoms with Gasteiger partial charge in [0.2, 0.25) is 0 Å². The van der Waals surface area contributed by atoms with E-state index >= 15 is 0 Å². The molecule has 0 saturated carbocycles. The van der Waals surface area contributed by atoms with Crippen LogP contribution in [0.4, 0.5) is 5.82 Å². The van der Waals surface area contributed by atoms with E-state index in [1.165, 1.54) is 11.1 Å². The molecule has 0 aliphatic rings. The minimum absolute atomic E-state index is 0.249. The first-order valence-electron chi connectivity index (χ1n) is 4.33. The van der Waals surface area contributed by atoms with Crippen LogP contribution >= 0.6 is 11.3 Å². The molecule has 4 nitrogen and oxygen atoms in total. The fourth-order valence-electron chi connectivity index (χ4n) is 1.17. The Morgan fingerprint density at radius 2 is 2.40 bits per heavy atom. The SMILES string of the molecule is N#Cc1cnc(Cc2cccs2)nc1N. The molecule has 0 aromatic carbocycles. The molecule has 0 radical (unpaired) electrons. The van der Waals surface area contributed by atoms with Gasteiger partial charge in [-0.25, -0.2) is 9.97 Å². The Morgan fingerprint density at radius 1 is 1.53 bits per heavy atom. The van der Waals surface area contributed by atoms with Crippen LogP contribution in [0.3, 0.4) is 0 Å². The van der Waals surface area contributed by atoms with E-state index in [0.29, 0.717) is 17.8 Å². The zero-order valence-corrected chi connectivity index (χ0v) is 8.66. The number of thiophene rings is 1. The molecule has 0 aliphatic carbocycles. The second kappa shape index (κ2) is 4.07. The van der Waals surface area contributed by atoms with Gasteiger partial charge in [0.05, 0.1) is 6.20 Å². The first kappa shape index (κ1) is 9.62. The largest absolute Gasteiger partial charge is 0.382 e. The molecule has 0 saturated heterocycles. The lowest BCUT2D eigenvalue weighted by atomic mass is 10.3. The van der Waals surface area contributed by atoms with Crippen molar-refractivity contribution < 1.29 is 0 Å². The average molecular weight is 216 g/mol. The van der Waals surface area contributed by atoms with Crippen LogP contribution < -0.4 is 5.73 Å². The summed E-state index contributed by atoms with van der Waals surface area (Å²) in [5.41, 5.74) is 5.91. The average Bonchev–Trinajstić information content (AvgIpc) is 2.71. The molecule has 0 amide bonds. The number of hydrogen-bond donors (Lipinski definition) is 1. The van der Waals surface area contributed by atoms with E-state index in [1.807, 2.05) is 23.6 Å². The summed E-state index contributed by atoms with van der Waals surface area (Å²) in [5.74, 6) is 0.896. The maximum atomic E-state index is 8.66. The standard InChI is InChI=1S/C10H8N4S/c11-5-7-6-13-9(14-10(7)12)4-8-2-1-3-15-8/h1-3,6H,4H2,(H2,12,13,14). The van der Waals surface area contributed by atoms with Crippen molar-refractivity contribution in [2.24, 2.45) is 0 Å². The van der Waals surface area contributed by atoms with Crippen LogP contribution in [0.1, 0.15) is 16.3 Å². The van der Waals surface area contributed by atoms with Gasteiger partial charge < -0.3 is 5.73 Å². The van der Waals surface area contributed by atoms with E-state index in [4.69, 9.17) is 11.0 Å². The number of anilines is 1. The Bertz CT molecular complexity index is 499. The number of nitrogen functional groups attached to an aromatic ring is 1. The van der Waals surface area contributed by atoms with Gasteiger partial charge in [-0.15, -0.1) is 11.3 Å². The normalized spacial score (nSPS) is 9.80. The molecule has 0 aliphatic heterocycles. The van der Waals surface area contributed by atoms with Gasteiger partial charge >= 0.3 is 0 Å². The van der Waals surface area contributed by atoms with Gasteiger partial charge in [0, 0.05) is 11.3 Å². The Morgan fingerprint density at radius 3 is 3.00 bits per heavy atom. The predicted octanol–water partition coefficient (Wildman–Crippen LogP) is 1.58. The highest BCUT2D eigenvalue weighted by atomic mass is 32.1. The van der Waals surface area contributed by atoms with E-state index in [2.05, 4.69) is 9.97 Å². The highest BCUT2D eigenvalue weighted by molar-refractivity contribution is 7.09. The second-order valence-corrected chi connectivity index (χ2v) is 3.99. The fourth-order valence-corrected chi connectivity index (χ4v) is 1.88. The molecule has 2 rings (SSSR count). The van der Waals surface area contributed by atoms with Gasteiger partial charge in [-0.1, -0.05) is 6.07 Å². The Kier molecular flexibility index (Phi) is 2.61. The van der Waals surface area contributed by atoms with Crippen LogP contribution in [-0.2, 0) is 6.42 Å². The van der Waals surface area contributed by atoms with Crippen molar-refractivity contribution in [3.63, 3.8) is 0 Å². The smallest absolute Gasteiger partial charge is 0.145 e. The zero-order chi connectivity index (χ0) is 10.7. The summed E-state index contributed by atoms with van der Waals surface area (Å²) >= 11 is 1.65. The third kappa shape index (κ3) is 2.11. The number of hydrogen-bond acceptors (Lipinski definition) is 5. The first-order chi connectivity index (χ1) is 7.29.